The second kappa shape index (κ2) is 3.76. The van der Waals surface area contributed by atoms with E-state index in [1.807, 2.05) is 6.92 Å². The van der Waals surface area contributed by atoms with Gasteiger partial charge in [0.05, 0.1) is 12.1 Å². The van der Waals surface area contributed by atoms with Crippen LogP contribution in [-0.2, 0) is 6.54 Å². The van der Waals surface area contributed by atoms with Gasteiger partial charge in [-0.1, -0.05) is 6.92 Å². The molecule has 0 aliphatic heterocycles. The first-order valence-electron chi connectivity index (χ1n) is 5.20. The number of alkyl halides is 1. The molecule has 0 saturated heterocycles. The highest BCUT2D eigenvalue weighted by atomic mass is 35.5. The van der Waals surface area contributed by atoms with Crippen LogP contribution < -0.4 is 0 Å². The summed E-state index contributed by atoms with van der Waals surface area (Å²) in [5.41, 5.74) is -0.955. The molecule has 0 amide bonds. The SMILES string of the molecule is CC1(CCl)CCCC1(O)Cn1cncn1. The van der Waals surface area contributed by atoms with Gasteiger partial charge in [0.15, 0.2) is 0 Å². The molecule has 0 bridgehead atoms. The van der Waals surface area contributed by atoms with Gasteiger partial charge in [0.2, 0.25) is 0 Å². The van der Waals surface area contributed by atoms with Crippen molar-refractivity contribution >= 4 is 11.6 Å². The number of nitrogens with zero attached hydrogens (tertiary/aromatic N) is 3. The van der Waals surface area contributed by atoms with Crippen LogP contribution in [0.4, 0.5) is 0 Å². The molecule has 1 fully saturated rings. The van der Waals surface area contributed by atoms with E-state index in [9.17, 15) is 5.11 Å². The monoisotopic (exact) mass is 229 g/mol. The van der Waals surface area contributed by atoms with Crippen LogP contribution in [0.3, 0.4) is 0 Å². The van der Waals surface area contributed by atoms with Crippen LogP contribution in [-0.4, -0.2) is 31.4 Å². The van der Waals surface area contributed by atoms with Crippen LogP contribution in [0.1, 0.15) is 26.2 Å². The lowest BCUT2D eigenvalue weighted by Crippen LogP contribution is -2.46. The molecular weight excluding hydrogens is 214 g/mol. The normalized spacial score (nSPS) is 35.9. The van der Waals surface area contributed by atoms with Crippen LogP contribution in [0.5, 0.6) is 0 Å². The lowest BCUT2D eigenvalue weighted by molar-refractivity contribution is -0.0568. The average Bonchev–Trinajstić information content (AvgIpc) is 2.78. The molecule has 0 spiro atoms. The summed E-state index contributed by atoms with van der Waals surface area (Å²) in [7, 11) is 0. The second-order valence-corrected chi connectivity index (χ2v) is 4.94. The minimum absolute atomic E-state index is 0.208. The van der Waals surface area contributed by atoms with E-state index in [1.54, 1.807) is 11.0 Å². The van der Waals surface area contributed by atoms with E-state index in [0.29, 0.717) is 12.4 Å². The number of hydrogen-bond acceptors (Lipinski definition) is 3. The molecule has 2 unspecified atom stereocenters. The van der Waals surface area contributed by atoms with E-state index in [4.69, 9.17) is 11.6 Å². The fourth-order valence-electron chi connectivity index (χ4n) is 2.35. The first kappa shape index (κ1) is 10.9. The van der Waals surface area contributed by atoms with Crippen LogP contribution in [0.25, 0.3) is 0 Å². The largest absolute Gasteiger partial charge is 0.387 e. The molecule has 5 heteroatoms. The summed E-state index contributed by atoms with van der Waals surface area (Å²) in [5, 5.41) is 14.6. The molecule has 2 atom stereocenters. The topological polar surface area (TPSA) is 50.9 Å². The highest BCUT2D eigenvalue weighted by Gasteiger charge is 2.50. The molecule has 84 valence electrons. The first-order chi connectivity index (χ1) is 7.10. The summed E-state index contributed by atoms with van der Waals surface area (Å²) in [4.78, 5) is 3.88. The van der Waals surface area contributed by atoms with Gasteiger partial charge < -0.3 is 5.11 Å². The third-order valence-electron chi connectivity index (χ3n) is 3.63. The number of hydrogen-bond donors (Lipinski definition) is 1. The molecule has 4 nitrogen and oxygen atoms in total. The summed E-state index contributed by atoms with van der Waals surface area (Å²) >= 11 is 5.97. The molecular formula is C10H16ClN3O. The van der Waals surface area contributed by atoms with Crippen molar-refractivity contribution in [2.24, 2.45) is 5.41 Å². The molecule has 2 rings (SSSR count). The Morgan fingerprint density at radius 2 is 2.33 bits per heavy atom. The predicted molar refractivity (Wildman–Crippen MR) is 57.6 cm³/mol. The third-order valence-corrected chi connectivity index (χ3v) is 4.22. The fraction of sp³-hybridized carbons (Fsp3) is 0.800. The van der Waals surface area contributed by atoms with Crippen molar-refractivity contribution in [1.29, 1.82) is 0 Å². The smallest absolute Gasteiger partial charge is 0.137 e. The number of halogens is 1. The lowest BCUT2D eigenvalue weighted by Gasteiger charge is -2.38. The van der Waals surface area contributed by atoms with E-state index in [-0.39, 0.29) is 5.41 Å². The van der Waals surface area contributed by atoms with Gasteiger partial charge in [-0.25, -0.2) is 4.98 Å². The van der Waals surface area contributed by atoms with Crippen molar-refractivity contribution in [3.8, 4) is 0 Å². The van der Waals surface area contributed by atoms with Gasteiger partial charge in [-0.05, 0) is 19.3 Å². The highest BCUT2D eigenvalue weighted by molar-refractivity contribution is 6.18. The van der Waals surface area contributed by atoms with Gasteiger partial charge in [-0.3, -0.25) is 4.68 Å². The summed E-state index contributed by atoms with van der Waals surface area (Å²) in [5.74, 6) is 0.484. The Morgan fingerprint density at radius 3 is 2.93 bits per heavy atom. The Hall–Kier alpha value is -0.610. The van der Waals surface area contributed by atoms with Gasteiger partial charge in [0.1, 0.15) is 12.7 Å². The minimum Gasteiger partial charge on any atom is -0.387 e. The number of aliphatic hydroxyl groups is 1. The summed E-state index contributed by atoms with van der Waals surface area (Å²) in [6.45, 7) is 2.53. The van der Waals surface area contributed by atoms with E-state index >= 15 is 0 Å². The Bertz CT molecular complexity index is 329. The van der Waals surface area contributed by atoms with Crippen LogP contribution >= 0.6 is 11.6 Å². The summed E-state index contributed by atoms with van der Waals surface area (Å²) in [6, 6.07) is 0. The second-order valence-electron chi connectivity index (χ2n) is 4.67. The zero-order valence-corrected chi connectivity index (χ0v) is 9.61. The molecule has 1 saturated carbocycles. The Labute approximate surface area is 94.3 Å². The van der Waals surface area contributed by atoms with Crippen LogP contribution in [0.2, 0.25) is 0 Å². The molecule has 1 aromatic heterocycles. The number of aromatic nitrogens is 3. The molecule has 0 radical (unpaired) electrons. The highest BCUT2D eigenvalue weighted by Crippen LogP contribution is 2.47. The summed E-state index contributed by atoms with van der Waals surface area (Å²) < 4.78 is 1.68. The molecule has 1 aliphatic carbocycles. The van der Waals surface area contributed by atoms with E-state index in [2.05, 4.69) is 10.1 Å². The molecule has 1 N–H and O–H groups in total. The minimum atomic E-state index is -0.748. The fourth-order valence-corrected chi connectivity index (χ4v) is 2.73. The zero-order valence-electron chi connectivity index (χ0n) is 8.86. The van der Waals surface area contributed by atoms with E-state index in [1.165, 1.54) is 6.33 Å². The van der Waals surface area contributed by atoms with Crippen molar-refractivity contribution in [1.82, 2.24) is 14.8 Å². The maximum Gasteiger partial charge on any atom is 0.137 e. The van der Waals surface area contributed by atoms with Crippen LogP contribution in [0, 0.1) is 5.41 Å². The van der Waals surface area contributed by atoms with E-state index < -0.39 is 5.60 Å². The van der Waals surface area contributed by atoms with Crippen LogP contribution in [0.15, 0.2) is 12.7 Å². The van der Waals surface area contributed by atoms with Gasteiger partial charge in [0, 0.05) is 11.3 Å². The molecule has 1 aromatic rings. The maximum atomic E-state index is 10.6. The molecule has 1 heterocycles. The lowest BCUT2D eigenvalue weighted by atomic mass is 9.77. The van der Waals surface area contributed by atoms with Crippen molar-refractivity contribution in [2.75, 3.05) is 5.88 Å². The van der Waals surface area contributed by atoms with Gasteiger partial charge in [-0.2, -0.15) is 5.10 Å². The van der Waals surface area contributed by atoms with E-state index in [0.717, 1.165) is 19.3 Å². The predicted octanol–water partition coefficient (Wildman–Crippen LogP) is 1.44. The first-order valence-corrected chi connectivity index (χ1v) is 5.74. The Morgan fingerprint density at radius 1 is 1.53 bits per heavy atom. The molecule has 15 heavy (non-hydrogen) atoms. The van der Waals surface area contributed by atoms with Gasteiger partial charge in [0.25, 0.3) is 0 Å². The molecule has 0 aromatic carbocycles. The van der Waals surface area contributed by atoms with Crippen molar-refractivity contribution in [3.05, 3.63) is 12.7 Å². The summed E-state index contributed by atoms with van der Waals surface area (Å²) in [6.07, 6.45) is 5.90. The Balaban J connectivity index is 2.18. The van der Waals surface area contributed by atoms with Crippen molar-refractivity contribution < 1.29 is 5.11 Å². The van der Waals surface area contributed by atoms with Gasteiger partial charge >= 0.3 is 0 Å². The molecule has 1 aliphatic rings. The zero-order chi connectivity index (χ0) is 10.9. The van der Waals surface area contributed by atoms with Gasteiger partial charge in [-0.15, -0.1) is 11.6 Å². The third kappa shape index (κ3) is 1.76. The maximum absolute atomic E-state index is 10.6. The van der Waals surface area contributed by atoms with Crippen molar-refractivity contribution in [2.45, 2.75) is 38.3 Å². The number of rotatable bonds is 3. The Kier molecular flexibility index (Phi) is 2.73. The standard InChI is InChI=1S/C10H16ClN3O/c1-9(5-11)3-2-4-10(9,15)6-14-8-12-7-13-14/h7-8,15H,2-6H2,1H3. The van der Waals surface area contributed by atoms with Crippen molar-refractivity contribution in [3.63, 3.8) is 0 Å². The average molecular weight is 230 g/mol. The quantitative estimate of drug-likeness (QED) is 0.798.